The summed E-state index contributed by atoms with van der Waals surface area (Å²) in [5.74, 6) is 0. The van der Waals surface area contributed by atoms with Gasteiger partial charge in [0.25, 0.3) is 0 Å². The van der Waals surface area contributed by atoms with E-state index in [4.69, 9.17) is 0 Å². The molecule has 1 atom stereocenters. The van der Waals surface area contributed by atoms with Crippen molar-refractivity contribution in [2.75, 3.05) is 20.1 Å². The van der Waals surface area contributed by atoms with E-state index in [1.807, 2.05) is 24.3 Å². The van der Waals surface area contributed by atoms with Crippen molar-refractivity contribution in [1.29, 1.82) is 0 Å². The number of hydrogen-bond acceptors (Lipinski definition) is 2. The minimum absolute atomic E-state index is 0.380. The van der Waals surface area contributed by atoms with Gasteiger partial charge in [-0.3, -0.25) is 0 Å². The molecule has 0 aromatic heterocycles. The first-order valence-electron chi connectivity index (χ1n) is 6.26. The number of nitrogens with zero attached hydrogens (tertiary/aromatic N) is 1. The van der Waals surface area contributed by atoms with E-state index in [0.29, 0.717) is 0 Å². The van der Waals surface area contributed by atoms with Crippen molar-refractivity contribution in [3.8, 4) is 0 Å². The summed E-state index contributed by atoms with van der Waals surface area (Å²) < 4.78 is 0.990. The van der Waals surface area contributed by atoms with Crippen LogP contribution in [0.4, 0.5) is 0 Å². The number of rotatable bonds is 7. The van der Waals surface area contributed by atoms with Gasteiger partial charge in [-0.15, -0.1) is 0 Å². The highest BCUT2D eigenvalue weighted by atomic mass is 79.9. The quantitative estimate of drug-likeness (QED) is 0.831. The second kappa shape index (κ2) is 7.85. The lowest BCUT2D eigenvalue weighted by Gasteiger charge is -2.19. The minimum Gasteiger partial charge on any atom is -0.388 e. The maximum Gasteiger partial charge on any atom is 0.0813 e. The van der Waals surface area contributed by atoms with Crippen molar-refractivity contribution in [2.24, 2.45) is 0 Å². The molecule has 1 rings (SSSR count). The third kappa shape index (κ3) is 5.19. The summed E-state index contributed by atoms with van der Waals surface area (Å²) >= 11 is 3.47. The number of aliphatic hydroxyl groups is 1. The van der Waals surface area contributed by atoms with Crippen LogP contribution in [0, 0.1) is 0 Å². The SMILES string of the molecule is CCCCN(C)CCC(O)c1ccccc1Br. The largest absolute Gasteiger partial charge is 0.388 e. The van der Waals surface area contributed by atoms with Gasteiger partial charge in [0.1, 0.15) is 0 Å². The molecule has 0 radical (unpaired) electrons. The zero-order valence-corrected chi connectivity index (χ0v) is 12.3. The summed E-state index contributed by atoms with van der Waals surface area (Å²) in [4.78, 5) is 2.28. The van der Waals surface area contributed by atoms with E-state index in [-0.39, 0.29) is 6.10 Å². The molecule has 0 saturated heterocycles. The lowest BCUT2D eigenvalue weighted by Crippen LogP contribution is -2.22. The normalized spacial score (nSPS) is 13.0. The fourth-order valence-electron chi connectivity index (χ4n) is 1.78. The number of halogens is 1. The Hall–Kier alpha value is -0.380. The molecule has 0 bridgehead atoms. The first kappa shape index (κ1) is 14.7. The molecule has 0 aliphatic rings. The Morgan fingerprint density at radius 2 is 2.00 bits per heavy atom. The molecule has 2 nitrogen and oxygen atoms in total. The van der Waals surface area contributed by atoms with Crippen molar-refractivity contribution in [3.63, 3.8) is 0 Å². The smallest absolute Gasteiger partial charge is 0.0813 e. The van der Waals surface area contributed by atoms with Crippen LogP contribution in [-0.2, 0) is 0 Å². The van der Waals surface area contributed by atoms with Gasteiger partial charge in [0.2, 0.25) is 0 Å². The van der Waals surface area contributed by atoms with Crippen LogP contribution in [-0.4, -0.2) is 30.1 Å². The van der Waals surface area contributed by atoms with Crippen LogP contribution < -0.4 is 0 Å². The fraction of sp³-hybridized carbons (Fsp3) is 0.571. The first-order valence-corrected chi connectivity index (χ1v) is 7.05. The molecule has 0 heterocycles. The highest BCUT2D eigenvalue weighted by Crippen LogP contribution is 2.25. The summed E-state index contributed by atoms with van der Waals surface area (Å²) in [5, 5.41) is 10.1. The van der Waals surface area contributed by atoms with E-state index in [2.05, 4.69) is 34.8 Å². The standard InChI is InChI=1S/C14H22BrNO/c1-3-4-10-16(2)11-9-14(17)12-7-5-6-8-13(12)15/h5-8,14,17H,3-4,9-11H2,1-2H3. The number of unbranched alkanes of at least 4 members (excludes halogenated alkanes) is 1. The minimum atomic E-state index is -0.380. The topological polar surface area (TPSA) is 23.5 Å². The third-order valence-corrected chi connectivity index (χ3v) is 3.66. The van der Waals surface area contributed by atoms with Crippen LogP contribution in [0.1, 0.15) is 37.9 Å². The van der Waals surface area contributed by atoms with Crippen LogP contribution in [0.15, 0.2) is 28.7 Å². The van der Waals surface area contributed by atoms with Gasteiger partial charge in [-0.05, 0) is 38.1 Å². The molecule has 1 aromatic carbocycles. The molecular weight excluding hydrogens is 278 g/mol. The van der Waals surface area contributed by atoms with Gasteiger partial charge < -0.3 is 10.0 Å². The van der Waals surface area contributed by atoms with E-state index in [9.17, 15) is 5.11 Å². The Morgan fingerprint density at radius 3 is 2.65 bits per heavy atom. The predicted octanol–water partition coefficient (Wildman–Crippen LogP) is 3.60. The van der Waals surface area contributed by atoms with E-state index in [1.54, 1.807) is 0 Å². The van der Waals surface area contributed by atoms with Crippen LogP contribution >= 0.6 is 15.9 Å². The Bertz CT molecular complexity index is 330. The Kier molecular flexibility index (Phi) is 6.78. The molecule has 1 N–H and O–H groups in total. The van der Waals surface area contributed by atoms with Crippen LogP contribution in [0.2, 0.25) is 0 Å². The number of benzene rings is 1. The second-order valence-corrected chi connectivity index (χ2v) is 5.34. The summed E-state index contributed by atoms with van der Waals surface area (Å²) in [7, 11) is 2.11. The molecule has 96 valence electrons. The average Bonchev–Trinajstić information content (AvgIpc) is 2.34. The van der Waals surface area contributed by atoms with Gasteiger partial charge in [-0.25, -0.2) is 0 Å². The lowest BCUT2D eigenvalue weighted by molar-refractivity contribution is 0.148. The fourth-order valence-corrected chi connectivity index (χ4v) is 2.33. The van der Waals surface area contributed by atoms with Crippen molar-refractivity contribution >= 4 is 15.9 Å². The third-order valence-electron chi connectivity index (χ3n) is 2.94. The van der Waals surface area contributed by atoms with Crippen molar-refractivity contribution in [3.05, 3.63) is 34.3 Å². The van der Waals surface area contributed by atoms with Crippen molar-refractivity contribution in [2.45, 2.75) is 32.3 Å². The number of hydrogen-bond donors (Lipinski definition) is 1. The highest BCUT2D eigenvalue weighted by molar-refractivity contribution is 9.10. The van der Waals surface area contributed by atoms with Crippen molar-refractivity contribution < 1.29 is 5.11 Å². The molecule has 0 saturated carbocycles. The molecule has 0 aliphatic carbocycles. The van der Waals surface area contributed by atoms with Crippen molar-refractivity contribution in [1.82, 2.24) is 4.90 Å². The molecule has 0 aliphatic heterocycles. The molecule has 0 fully saturated rings. The van der Waals surface area contributed by atoms with Crippen LogP contribution in [0.5, 0.6) is 0 Å². The second-order valence-electron chi connectivity index (χ2n) is 4.48. The van der Waals surface area contributed by atoms with E-state index < -0.39 is 0 Å². The summed E-state index contributed by atoms with van der Waals surface area (Å²) in [5.41, 5.74) is 0.983. The van der Waals surface area contributed by atoms with Gasteiger partial charge in [-0.1, -0.05) is 47.5 Å². The maximum atomic E-state index is 10.1. The number of aliphatic hydroxyl groups excluding tert-OH is 1. The molecule has 3 heteroatoms. The summed E-state index contributed by atoms with van der Waals surface area (Å²) in [6.07, 6.45) is 2.84. The van der Waals surface area contributed by atoms with E-state index >= 15 is 0 Å². The zero-order valence-electron chi connectivity index (χ0n) is 10.7. The zero-order chi connectivity index (χ0) is 12.7. The Balaban J connectivity index is 2.39. The van der Waals surface area contributed by atoms with Gasteiger partial charge in [-0.2, -0.15) is 0 Å². The molecule has 0 spiro atoms. The highest BCUT2D eigenvalue weighted by Gasteiger charge is 2.11. The molecule has 1 unspecified atom stereocenters. The lowest BCUT2D eigenvalue weighted by atomic mass is 10.1. The van der Waals surface area contributed by atoms with E-state index in [0.717, 1.165) is 29.5 Å². The molecular formula is C14H22BrNO. The Morgan fingerprint density at radius 1 is 1.29 bits per heavy atom. The van der Waals surface area contributed by atoms with Gasteiger partial charge in [0.05, 0.1) is 6.10 Å². The van der Waals surface area contributed by atoms with Gasteiger partial charge >= 0.3 is 0 Å². The van der Waals surface area contributed by atoms with Crippen LogP contribution in [0.3, 0.4) is 0 Å². The monoisotopic (exact) mass is 299 g/mol. The van der Waals surface area contributed by atoms with Gasteiger partial charge in [0, 0.05) is 11.0 Å². The molecule has 17 heavy (non-hydrogen) atoms. The van der Waals surface area contributed by atoms with Gasteiger partial charge in [0.15, 0.2) is 0 Å². The van der Waals surface area contributed by atoms with Crippen LogP contribution in [0.25, 0.3) is 0 Å². The Labute approximate surface area is 113 Å². The predicted molar refractivity (Wildman–Crippen MR) is 76.1 cm³/mol. The first-order chi connectivity index (χ1) is 8.15. The van der Waals surface area contributed by atoms with E-state index in [1.165, 1.54) is 12.8 Å². The molecule has 1 aromatic rings. The summed E-state index contributed by atoms with van der Waals surface area (Å²) in [6.45, 7) is 4.24. The average molecular weight is 300 g/mol. The summed E-state index contributed by atoms with van der Waals surface area (Å²) in [6, 6.07) is 7.87. The maximum absolute atomic E-state index is 10.1. The molecule has 0 amide bonds.